The van der Waals surface area contributed by atoms with Gasteiger partial charge in [0.1, 0.15) is 0 Å². The lowest BCUT2D eigenvalue weighted by molar-refractivity contribution is -0.136. The van der Waals surface area contributed by atoms with Gasteiger partial charge in [-0.15, -0.1) is 6.58 Å². The summed E-state index contributed by atoms with van der Waals surface area (Å²) in [5.74, 6) is 0.0476. The van der Waals surface area contributed by atoms with Crippen LogP contribution in [0, 0.1) is 11.8 Å². The first-order valence-corrected chi connectivity index (χ1v) is 5.29. The molecule has 3 N–H and O–H groups in total. The summed E-state index contributed by atoms with van der Waals surface area (Å²) < 4.78 is 0. The molecule has 0 radical (unpaired) electrons. The van der Waals surface area contributed by atoms with E-state index in [-0.39, 0.29) is 24.3 Å². The molecular weight excluding hydrogens is 192 g/mol. The summed E-state index contributed by atoms with van der Waals surface area (Å²) in [6.07, 6.45) is 1.65. The molecule has 0 aliphatic rings. The largest absolute Gasteiger partial charge is 0.395 e. The second-order valence-corrected chi connectivity index (χ2v) is 3.88. The maximum absolute atomic E-state index is 12.0. The van der Waals surface area contributed by atoms with Gasteiger partial charge in [-0.2, -0.15) is 0 Å². The maximum atomic E-state index is 12.0. The normalized spacial score (nSPS) is 12.6. The molecule has 0 fully saturated rings. The summed E-state index contributed by atoms with van der Waals surface area (Å²) in [6.45, 7) is 8.65. The fourth-order valence-corrected chi connectivity index (χ4v) is 1.46. The molecule has 0 aliphatic heterocycles. The first-order chi connectivity index (χ1) is 7.08. The van der Waals surface area contributed by atoms with Gasteiger partial charge in [0, 0.05) is 19.6 Å². The lowest BCUT2D eigenvalue weighted by Crippen LogP contribution is -2.42. The second-order valence-electron chi connectivity index (χ2n) is 3.88. The van der Waals surface area contributed by atoms with E-state index in [1.165, 1.54) is 0 Å². The number of hydrogen-bond donors (Lipinski definition) is 2. The van der Waals surface area contributed by atoms with E-state index in [1.807, 2.05) is 13.8 Å². The van der Waals surface area contributed by atoms with E-state index in [0.29, 0.717) is 19.6 Å². The van der Waals surface area contributed by atoms with E-state index < -0.39 is 0 Å². The highest BCUT2D eigenvalue weighted by molar-refractivity contribution is 5.79. The zero-order valence-electron chi connectivity index (χ0n) is 9.65. The van der Waals surface area contributed by atoms with E-state index in [2.05, 4.69) is 6.58 Å². The zero-order valence-corrected chi connectivity index (χ0v) is 9.65. The average Bonchev–Trinajstić information content (AvgIpc) is 2.17. The Bertz CT molecular complexity index is 205. The number of nitrogens with two attached hydrogens (primary N) is 1. The SMILES string of the molecule is C=CCN(CCO)C(=O)C(CN)C(C)C. The fraction of sp³-hybridized carbons (Fsp3) is 0.727. The van der Waals surface area contributed by atoms with Crippen LogP contribution < -0.4 is 5.73 Å². The molecule has 4 nitrogen and oxygen atoms in total. The van der Waals surface area contributed by atoms with Crippen molar-refractivity contribution in [2.75, 3.05) is 26.2 Å². The Labute approximate surface area is 91.8 Å². The molecular formula is C11H22N2O2. The lowest BCUT2D eigenvalue weighted by atomic mass is 9.94. The van der Waals surface area contributed by atoms with Crippen LogP contribution in [0.15, 0.2) is 12.7 Å². The van der Waals surface area contributed by atoms with Gasteiger partial charge in [-0.05, 0) is 5.92 Å². The van der Waals surface area contributed by atoms with Gasteiger partial charge < -0.3 is 15.7 Å². The number of aliphatic hydroxyl groups excluding tert-OH is 1. The number of carbonyl (C=O) groups is 1. The van der Waals surface area contributed by atoms with Crippen LogP contribution >= 0.6 is 0 Å². The third-order valence-corrected chi connectivity index (χ3v) is 2.41. The number of carbonyl (C=O) groups excluding carboxylic acids is 1. The van der Waals surface area contributed by atoms with Crippen molar-refractivity contribution in [1.29, 1.82) is 0 Å². The first kappa shape index (κ1) is 14.1. The van der Waals surface area contributed by atoms with E-state index in [9.17, 15) is 4.79 Å². The van der Waals surface area contributed by atoms with Crippen LogP contribution in [0.5, 0.6) is 0 Å². The lowest BCUT2D eigenvalue weighted by Gasteiger charge is -2.27. The summed E-state index contributed by atoms with van der Waals surface area (Å²) in [6, 6.07) is 0. The number of rotatable bonds is 7. The Morgan fingerprint density at radius 1 is 1.60 bits per heavy atom. The van der Waals surface area contributed by atoms with Crippen LogP contribution in [0.25, 0.3) is 0 Å². The number of amides is 1. The third-order valence-electron chi connectivity index (χ3n) is 2.41. The van der Waals surface area contributed by atoms with E-state index >= 15 is 0 Å². The summed E-state index contributed by atoms with van der Waals surface area (Å²) in [5.41, 5.74) is 5.57. The van der Waals surface area contributed by atoms with Crippen LogP contribution in [0.2, 0.25) is 0 Å². The molecule has 0 bridgehead atoms. The molecule has 0 heterocycles. The highest BCUT2D eigenvalue weighted by Crippen LogP contribution is 2.12. The molecule has 0 rings (SSSR count). The molecule has 0 aromatic carbocycles. The molecule has 0 saturated heterocycles. The number of nitrogens with zero attached hydrogens (tertiary/aromatic N) is 1. The predicted molar refractivity (Wildman–Crippen MR) is 61.2 cm³/mol. The first-order valence-electron chi connectivity index (χ1n) is 5.29. The van der Waals surface area contributed by atoms with Crippen LogP contribution in [0.1, 0.15) is 13.8 Å². The molecule has 1 unspecified atom stereocenters. The molecule has 0 aliphatic carbocycles. The second kappa shape index (κ2) is 7.43. The minimum Gasteiger partial charge on any atom is -0.395 e. The van der Waals surface area contributed by atoms with Crippen molar-refractivity contribution in [3.8, 4) is 0 Å². The van der Waals surface area contributed by atoms with Gasteiger partial charge in [0.2, 0.25) is 5.91 Å². The van der Waals surface area contributed by atoms with Gasteiger partial charge in [-0.3, -0.25) is 4.79 Å². The minimum atomic E-state index is -0.170. The van der Waals surface area contributed by atoms with Gasteiger partial charge >= 0.3 is 0 Å². The highest BCUT2D eigenvalue weighted by Gasteiger charge is 2.24. The predicted octanol–water partition coefficient (Wildman–Crippen LogP) is 0.224. The minimum absolute atomic E-state index is 0.00134. The van der Waals surface area contributed by atoms with Crippen molar-refractivity contribution in [3.63, 3.8) is 0 Å². The summed E-state index contributed by atoms with van der Waals surface area (Å²) in [7, 11) is 0. The van der Waals surface area contributed by atoms with Gasteiger partial charge in [-0.1, -0.05) is 19.9 Å². The highest BCUT2D eigenvalue weighted by atomic mass is 16.3. The quantitative estimate of drug-likeness (QED) is 0.596. The van der Waals surface area contributed by atoms with Gasteiger partial charge in [0.25, 0.3) is 0 Å². The Morgan fingerprint density at radius 2 is 2.20 bits per heavy atom. The fourth-order valence-electron chi connectivity index (χ4n) is 1.46. The van der Waals surface area contributed by atoms with Gasteiger partial charge in [0.15, 0.2) is 0 Å². The smallest absolute Gasteiger partial charge is 0.227 e. The molecule has 15 heavy (non-hydrogen) atoms. The Morgan fingerprint density at radius 3 is 2.53 bits per heavy atom. The van der Waals surface area contributed by atoms with Crippen molar-refractivity contribution in [2.45, 2.75) is 13.8 Å². The summed E-state index contributed by atoms with van der Waals surface area (Å²) in [4.78, 5) is 13.6. The molecule has 0 spiro atoms. The third kappa shape index (κ3) is 4.44. The zero-order chi connectivity index (χ0) is 11.8. The number of aliphatic hydroxyl groups is 1. The molecule has 1 amide bonds. The maximum Gasteiger partial charge on any atom is 0.227 e. The summed E-state index contributed by atoms with van der Waals surface area (Å²) >= 11 is 0. The van der Waals surface area contributed by atoms with Crippen molar-refractivity contribution in [1.82, 2.24) is 4.90 Å². The van der Waals surface area contributed by atoms with Crippen LogP contribution in [-0.4, -0.2) is 42.2 Å². The molecule has 0 aromatic rings. The van der Waals surface area contributed by atoms with Crippen molar-refractivity contribution < 1.29 is 9.90 Å². The van der Waals surface area contributed by atoms with Crippen LogP contribution in [-0.2, 0) is 4.79 Å². The van der Waals surface area contributed by atoms with Crippen molar-refractivity contribution in [2.24, 2.45) is 17.6 Å². The molecule has 88 valence electrons. The van der Waals surface area contributed by atoms with Gasteiger partial charge in [0.05, 0.1) is 12.5 Å². The van der Waals surface area contributed by atoms with Gasteiger partial charge in [-0.25, -0.2) is 0 Å². The Hall–Kier alpha value is -0.870. The average molecular weight is 214 g/mol. The monoisotopic (exact) mass is 214 g/mol. The van der Waals surface area contributed by atoms with E-state index in [4.69, 9.17) is 10.8 Å². The van der Waals surface area contributed by atoms with E-state index in [0.717, 1.165) is 0 Å². The summed E-state index contributed by atoms with van der Waals surface area (Å²) in [5, 5.41) is 8.85. The Kier molecular flexibility index (Phi) is 6.99. The molecule has 0 saturated carbocycles. The van der Waals surface area contributed by atoms with Crippen LogP contribution in [0.4, 0.5) is 0 Å². The number of hydrogen-bond acceptors (Lipinski definition) is 3. The van der Waals surface area contributed by atoms with Crippen molar-refractivity contribution in [3.05, 3.63) is 12.7 Å². The molecule has 4 heteroatoms. The standard InChI is InChI=1S/C11H22N2O2/c1-4-5-13(6-7-14)11(15)10(8-12)9(2)3/h4,9-10,14H,1,5-8,12H2,2-3H3. The van der Waals surface area contributed by atoms with Crippen molar-refractivity contribution >= 4 is 5.91 Å². The van der Waals surface area contributed by atoms with E-state index in [1.54, 1.807) is 11.0 Å². The molecule has 1 atom stereocenters. The molecule has 0 aromatic heterocycles. The van der Waals surface area contributed by atoms with Crippen LogP contribution in [0.3, 0.4) is 0 Å². The topological polar surface area (TPSA) is 66.6 Å². The Balaban J connectivity index is 4.50.